The van der Waals surface area contributed by atoms with Crippen LogP contribution in [0.2, 0.25) is 0 Å². The number of nitrogens with one attached hydrogen (secondary N) is 8. The van der Waals surface area contributed by atoms with E-state index in [9.17, 15) is 24.3 Å². The maximum absolute atomic E-state index is 13.2. The molecular weight excluding hydrogens is 1840 g/mol. The van der Waals surface area contributed by atoms with Gasteiger partial charge in [-0.05, 0) is 99.9 Å². The van der Waals surface area contributed by atoms with Crippen molar-refractivity contribution in [1.82, 2.24) is 118 Å². The fraction of sp³-hybridized carbons (Fsp3) is 0.434. The molecular formula is C99H114N28O16. The third kappa shape index (κ3) is 17.5. The molecule has 4 aliphatic carbocycles. The van der Waals surface area contributed by atoms with Gasteiger partial charge in [-0.2, -0.15) is 38.5 Å². The Balaban J connectivity index is 0.000000113. The number of methoxy groups -OCH3 is 7. The van der Waals surface area contributed by atoms with Gasteiger partial charge in [0.1, 0.15) is 92.5 Å². The number of hydrogen-bond donors (Lipinski definition) is 9. The molecule has 0 spiro atoms. The molecule has 4 amide bonds. The number of rotatable bonds is 27. The van der Waals surface area contributed by atoms with Crippen LogP contribution in [-0.2, 0) is 52.1 Å². The Hall–Kier alpha value is -14.2. The van der Waals surface area contributed by atoms with E-state index in [-0.39, 0.29) is 115 Å². The zero-order valence-corrected chi connectivity index (χ0v) is 80.9. The zero-order chi connectivity index (χ0) is 98.5. The van der Waals surface area contributed by atoms with Gasteiger partial charge in [-0.1, -0.05) is 0 Å². The second kappa shape index (κ2) is 40.7. The van der Waals surface area contributed by atoms with Gasteiger partial charge in [0.2, 0.25) is 0 Å². The van der Waals surface area contributed by atoms with Crippen molar-refractivity contribution in [2.24, 2.45) is 0 Å². The van der Waals surface area contributed by atoms with Gasteiger partial charge in [-0.15, -0.1) is 0 Å². The first-order chi connectivity index (χ1) is 70.0. The Labute approximate surface area is 818 Å². The van der Waals surface area contributed by atoms with Crippen molar-refractivity contribution in [2.75, 3.05) is 152 Å². The van der Waals surface area contributed by atoms with Crippen LogP contribution in [0.15, 0.2) is 147 Å². The average Bonchev–Trinajstić information content (AvgIpc) is 1.61. The van der Waals surface area contributed by atoms with Crippen LogP contribution >= 0.6 is 0 Å². The van der Waals surface area contributed by atoms with E-state index in [2.05, 4.69) is 115 Å². The highest BCUT2D eigenvalue weighted by molar-refractivity contribution is 6.05. The summed E-state index contributed by atoms with van der Waals surface area (Å²) in [4.78, 5) is 90.8. The lowest BCUT2D eigenvalue weighted by atomic mass is 9.89. The summed E-state index contributed by atoms with van der Waals surface area (Å²) < 4.78 is 76.2. The molecule has 16 aromatic heterocycles. The normalized spacial score (nSPS) is 23.8. The first-order valence-electron chi connectivity index (χ1n) is 48.0. The van der Waals surface area contributed by atoms with E-state index in [1.165, 1.54) is 0 Å². The van der Waals surface area contributed by atoms with Gasteiger partial charge in [-0.25, -0.2) is 39.9 Å². The predicted octanol–water partition coefficient (Wildman–Crippen LogP) is 8.47. The fourth-order valence-electron chi connectivity index (χ4n) is 20.4. The van der Waals surface area contributed by atoms with Crippen LogP contribution in [0, 0.1) is 0 Å². The molecule has 16 atom stereocenters. The van der Waals surface area contributed by atoms with Crippen LogP contribution < -0.4 is 42.5 Å². The van der Waals surface area contributed by atoms with Crippen molar-refractivity contribution >= 4 is 114 Å². The fourth-order valence-corrected chi connectivity index (χ4v) is 20.4. The van der Waals surface area contributed by atoms with Gasteiger partial charge in [0.05, 0.1) is 173 Å². The Kier molecular flexibility index (Phi) is 27.0. The largest absolute Gasteiger partial charge is 0.388 e. The van der Waals surface area contributed by atoms with Crippen molar-refractivity contribution in [3.8, 4) is 45.0 Å². The van der Waals surface area contributed by atoms with Gasteiger partial charge >= 0.3 is 0 Å². The van der Waals surface area contributed by atoms with E-state index in [0.717, 1.165) is 135 Å². The van der Waals surface area contributed by atoms with Crippen LogP contribution in [0.3, 0.4) is 0 Å². The Bertz CT molecular complexity index is 6910. The molecule has 8 fully saturated rings. The molecule has 746 valence electrons. The standard InChI is InChI=1S/3C25H29N7O4.C24H27N7O4/c3*1-26-22-9-18(29-24-15(10-28-32(22)24)25(33)30-17-6-7-20(17)34-2)16-11-31(19-12-36-13-21(19)35-3)23-14(16)5-4-8-27-23;1-25-21-8-17(15-10-30(18-11-35-12-19(18)32)22-13(15)4-3-7-26-22)28-23-14(9-27-31(21)23)24(33)29-16-5-6-20(16)34-2/h3*4-5,8-11,17,19-21,26H,6-7,12-13H2,1-3H3,(H,30,33);3-4,7-10,16,18-20,25,32H,5-6,11-12H2,1-2H3,(H,29,33)/t17?,19-,20-,21-;17-,19+,20-,21+;17-,19-,20-,21-;16-,18+,19+,20-/m0101/s1. The molecule has 143 heavy (non-hydrogen) atoms. The zero-order valence-electron chi connectivity index (χ0n) is 80.9. The van der Waals surface area contributed by atoms with E-state index in [4.69, 9.17) is 72.0 Å². The smallest absolute Gasteiger partial charge is 0.257 e. The summed E-state index contributed by atoms with van der Waals surface area (Å²) in [6, 6.07) is 23.1. The number of fused-ring (bicyclic) bond motifs is 8. The minimum absolute atomic E-state index is 0.00108. The van der Waals surface area contributed by atoms with Crippen molar-refractivity contribution in [3.63, 3.8) is 0 Å². The number of amides is 4. The first-order valence-corrected chi connectivity index (χ1v) is 48.0. The lowest BCUT2D eigenvalue weighted by molar-refractivity contribution is 0.00731. The monoisotopic (exact) mass is 1950 g/mol. The van der Waals surface area contributed by atoms with E-state index >= 15 is 0 Å². The summed E-state index contributed by atoms with van der Waals surface area (Å²) in [5, 5.41) is 56.9. The molecule has 9 N–H and O–H groups in total. The van der Waals surface area contributed by atoms with Crippen molar-refractivity contribution in [2.45, 2.75) is 149 Å². The van der Waals surface area contributed by atoms with Crippen LogP contribution in [0.4, 0.5) is 23.3 Å². The number of carbonyl (C=O) groups excluding carboxylic acids is 4. The molecule has 20 heterocycles. The molecule has 24 rings (SSSR count). The number of aromatic nitrogens is 20. The third-order valence-electron chi connectivity index (χ3n) is 29.0. The molecule has 0 radical (unpaired) electrons. The molecule has 4 saturated heterocycles. The number of anilines is 4. The van der Waals surface area contributed by atoms with Gasteiger partial charge in [0.25, 0.3) is 23.6 Å². The highest BCUT2D eigenvalue weighted by Crippen LogP contribution is 2.43. The first kappa shape index (κ1) is 95.0. The summed E-state index contributed by atoms with van der Waals surface area (Å²) in [7, 11) is 19.0. The van der Waals surface area contributed by atoms with Crippen molar-refractivity contribution in [3.05, 3.63) is 169 Å². The third-order valence-corrected chi connectivity index (χ3v) is 29.0. The molecule has 16 aromatic rings. The number of aliphatic hydroxyl groups is 1. The number of nitrogens with zero attached hydrogens (tertiary/aromatic N) is 20. The Morgan fingerprint density at radius 2 is 0.552 bits per heavy atom. The molecule has 8 aliphatic rings. The van der Waals surface area contributed by atoms with E-state index in [1.54, 1.807) is 124 Å². The van der Waals surface area contributed by atoms with Gasteiger partial charge < -0.3 is 118 Å². The quantitative estimate of drug-likeness (QED) is 0.0233. The molecule has 0 bridgehead atoms. The highest BCUT2D eigenvalue weighted by atomic mass is 16.6. The maximum Gasteiger partial charge on any atom is 0.257 e. The van der Waals surface area contributed by atoms with Crippen molar-refractivity contribution < 1.29 is 76.4 Å². The number of hydrogen-bond acceptors (Lipinski definition) is 32. The van der Waals surface area contributed by atoms with Gasteiger partial charge in [0, 0.05) is 196 Å². The van der Waals surface area contributed by atoms with Crippen LogP contribution in [-0.4, -0.2) is 329 Å². The predicted molar refractivity (Wildman–Crippen MR) is 528 cm³/mol. The molecule has 4 saturated carbocycles. The molecule has 1 unspecified atom stereocenters. The molecule has 0 aromatic carbocycles. The van der Waals surface area contributed by atoms with Crippen molar-refractivity contribution in [1.29, 1.82) is 0 Å². The number of pyridine rings is 4. The minimum Gasteiger partial charge on any atom is -0.388 e. The number of aliphatic hydroxyl groups excluding tert-OH is 1. The van der Waals surface area contributed by atoms with E-state index in [0.29, 0.717) is 126 Å². The Morgan fingerprint density at radius 1 is 0.315 bits per heavy atom. The summed E-state index contributed by atoms with van der Waals surface area (Å²) in [6.07, 6.45) is 28.1. The van der Waals surface area contributed by atoms with E-state index < -0.39 is 6.10 Å². The van der Waals surface area contributed by atoms with Crippen LogP contribution in [0.25, 0.3) is 112 Å². The summed E-state index contributed by atoms with van der Waals surface area (Å²) in [5.74, 6) is 1.99. The van der Waals surface area contributed by atoms with Crippen LogP contribution in [0.5, 0.6) is 0 Å². The summed E-state index contributed by atoms with van der Waals surface area (Å²) in [5.41, 5.74) is 13.1. The SMILES string of the molecule is CNc1cc(-c2cn([C@H]3COC[C@@H]3O)c3ncccc23)nc2c(C(=O)N[C@@H]3CC[C@H]3OC)cnn12.CNc1cc(-c2cn([C@H]3COC[C@@H]3OC)c3ncccc23)nc2c(C(=O)NC3CC[C@@H]3OC)cnn12.CNc1cc(-c2cn([C@H]3COC[C@@H]3OC)c3ncccc23)nc2c(C(=O)N[C@@H]3CC[C@H]3OC)cnn12.CNc1cc(-c2cn([C@H]3COC[C@@H]3OC)c3ncccc23)nc2c(C(=O)N[C@H]3CC[C@@H]3OC)cnn12. The van der Waals surface area contributed by atoms with Gasteiger partial charge in [-0.3, -0.25) is 19.2 Å². The topological polar surface area (TPSA) is 478 Å². The molecule has 4 aliphatic heterocycles. The molecule has 44 heteroatoms. The lowest BCUT2D eigenvalue weighted by Crippen LogP contribution is -2.51. The lowest BCUT2D eigenvalue weighted by Gasteiger charge is -2.35. The number of ether oxygens (including phenoxy) is 11. The minimum atomic E-state index is -0.615. The van der Waals surface area contributed by atoms with Gasteiger partial charge in [0.15, 0.2) is 22.6 Å². The average molecular weight is 1950 g/mol. The highest BCUT2D eigenvalue weighted by Gasteiger charge is 2.42. The summed E-state index contributed by atoms with van der Waals surface area (Å²) >= 11 is 0. The molecule has 44 nitrogen and oxygen atoms in total. The second-order valence-corrected chi connectivity index (χ2v) is 36.6. The Morgan fingerprint density at radius 3 is 0.769 bits per heavy atom. The second-order valence-electron chi connectivity index (χ2n) is 36.6. The maximum atomic E-state index is 13.2. The van der Waals surface area contributed by atoms with Crippen LogP contribution in [0.1, 0.15) is 117 Å². The van der Waals surface area contributed by atoms with E-state index in [1.807, 2.05) is 105 Å². The summed E-state index contributed by atoms with van der Waals surface area (Å²) in [6.45, 7) is 3.95. The number of carbonyl (C=O) groups is 4.